The van der Waals surface area contributed by atoms with Gasteiger partial charge in [-0.15, -0.1) is 0 Å². The Labute approximate surface area is 159 Å². The monoisotopic (exact) mass is 374 g/mol. The number of aromatic nitrogens is 2. The molecule has 0 radical (unpaired) electrons. The summed E-state index contributed by atoms with van der Waals surface area (Å²) in [6.07, 6.45) is 6.75. The number of β-amino-alcohol motifs (C(OH)–C–C–N with tert-alkyl or cyclic N) is 1. The Hall–Kier alpha value is -2.25. The molecule has 0 saturated carbocycles. The Morgan fingerprint density at radius 2 is 2.11 bits per heavy atom. The van der Waals surface area contributed by atoms with Crippen LogP contribution in [0.2, 0.25) is 0 Å². The quantitative estimate of drug-likeness (QED) is 0.765. The van der Waals surface area contributed by atoms with Crippen molar-refractivity contribution in [1.82, 2.24) is 14.9 Å². The third kappa shape index (κ3) is 5.61. The molecular weight excluding hydrogens is 347 g/mol. The summed E-state index contributed by atoms with van der Waals surface area (Å²) in [5.74, 6) is 1.48. The first-order chi connectivity index (χ1) is 13.1. The standard InChI is InChI=1S/C20H27FN4O2/c1-24(14-17-3-5-18(6-4-17)27-12-8-21)15-20(26)7-2-11-25(16-20)19-13-22-9-10-23-19/h3-6,9-10,13,26H,2,7-8,11-12,14-16H2,1H3/t20-/m0/s1. The highest BCUT2D eigenvalue weighted by Crippen LogP contribution is 2.25. The number of anilines is 1. The van der Waals surface area contributed by atoms with Gasteiger partial charge < -0.3 is 14.7 Å². The number of halogens is 1. The third-order valence-electron chi connectivity index (χ3n) is 4.71. The molecule has 2 aromatic rings. The molecule has 1 atom stereocenters. The minimum atomic E-state index is -0.783. The van der Waals surface area contributed by atoms with E-state index in [-0.39, 0.29) is 6.61 Å². The van der Waals surface area contributed by atoms with E-state index >= 15 is 0 Å². The fourth-order valence-corrected chi connectivity index (χ4v) is 3.61. The van der Waals surface area contributed by atoms with Crippen molar-refractivity contribution in [3.63, 3.8) is 0 Å². The summed E-state index contributed by atoms with van der Waals surface area (Å²) >= 11 is 0. The van der Waals surface area contributed by atoms with Crippen LogP contribution in [0.15, 0.2) is 42.9 Å². The molecule has 1 N–H and O–H groups in total. The highest BCUT2D eigenvalue weighted by Gasteiger charge is 2.34. The maximum Gasteiger partial charge on any atom is 0.147 e. The van der Waals surface area contributed by atoms with Gasteiger partial charge in [0.05, 0.1) is 11.8 Å². The average molecular weight is 374 g/mol. The van der Waals surface area contributed by atoms with Gasteiger partial charge in [0.2, 0.25) is 0 Å². The number of hydrogen-bond donors (Lipinski definition) is 1. The number of piperidine rings is 1. The summed E-state index contributed by atoms with van der Waals surface area (Å²) in [5, 5.41) is 11.1. The zero-order valence-electron chi connectivity index (χ0n) is 15.7. The van der Waals surface area contributed by atoms with Crippen LogP contribution in [0.5, 0.6) is 5.75 Å². The molecule has 0 unspecified atom stereocenters. The van der Waals surface area contributed by atoms with E-state index < -0.39 is 12.3 Å². The Kier molecular flexibility index (Phi) is 6.58. The molecule has 7 heteroatoms. The van der Waals surface area contributed by atoms with Crippen molar-refractivity contribution in [3.8, 4) is 5.75 Å². The van der Waals surface area contributed by atoms with Gasteiger partial charge in [-0.05, 0) is 37.6 Å². The van der Waals surface area contributed by atoms with Gasteiger partial charge in [0.1, 0.15) is 24.8 Å². The van der Waals surface area contributed by atoms with Crippen LogP contribution >= 0.6 is 0 Å². The van der Waals surface area contributed by atoms with Crippen LogP contribution in [0.3, 0.4) is 0 Å². The number of aliphatic hydroxyl groups is 1. The van der Waals surface area contributed by atoms with Gasteiger partial charge in [-0.1, -0.05) is 12.1 Å². The van der Waals surface area contributed by atoms with E-state index in [0.29, 0.717) is 18.8 Å². The highest BCUT2D eigenvalue weighted by atomic mass is 19.1. The van der Waals surface area contributed by atoms with Gasteiger partial charge in [-0.3, -0.25) is 9.88 Å². The molecule has 2 heterocycles. The molecule has 1 aliphatic rings. The first-order valence-electron chi connectivity index (χ1n) is 9.28. The molecule has 3 rings (SSSR count). The molecule has 1 aromatic carbocycles. The zero-order valence-corrected chi connectivity index (χ0v) is 15.7. The maximum absolute atomic E-state index is 12.2. The first-order valence-corrected chi connectivity index (χ1v) is 9.28. The molecule has 0 bridgehead atoms. The number of alkyl halides is 1. The lowest BCUT2D eigenvalue weighted by molar-refractivity contribution is -0.00349. The van der Waals surface area contributed by atoms with Crippen molar-refractivity contribution in [3.05, 3.63) is 48.4 Å². The lowest BCUT2D eigenvalue weighted by Crippen LogP contribution is -2.54. The summed E-state index contributed by atoms with van der Waals surface area (Å²) < 4.78 is 17.4. The fraction of sp³-hybridized carbons (Fsp3) is 0.500. The second kappa shape index (κ2) is 9.10. The Balaban J connectivity index is 1.55. The van der Waals surface area contributed by atoms with Crippen LogP contribution in [0.1, 0.15) is 18.4 Å². The van der Waals surface area contributed by atoms with Crippen LogP contribution in [-0.2, 0) is 6.54 Å². The average Bonchev–Trinajstić information content (AvgIpc) is 2.67. The van der Waals surface area contributed by atoms with E-state index in [4.69, 9.17) is 4.74 Å². The molecule has 1 aromatic heterocycles. The van der Waals surface area contributed by atoms with E-state index in [1.165, 1.54) is 0 Å². The number of benzene rings is 1. The van der Waals surface area contributed by atoms with Crippen molar-refractivity contribution < 1.29 is 14.2 Å². The summed E-state index contributed by atoms with van der Waals surface area (Å²) in [7, 11) is 2.01. The summed E-state index contributed by atoms with van der Waals surface area (Å²) in [4.78, 5) is 12.7. The number of ether oxygens (including phenoxy) is 1. The molecule has 146 valence electrons. The topological polar surface area (TPSA) is 61.7 Å². The number of hydrogen-bond acceptors (Lipinski definition) is 6. The minimum absolute atomic E-state index is 0.0779. The lowest BCUT2D eigenvalue weighted by Gasteiger charge is -2.41. The van der Waals surface area contributed by atoms with Crippen LogP contribution in [-0.4, -0.2) is 65.5 Å². The summed E-state index contributed by atoms with van der Waals surface area (Å²) in [6.45, 7) is 2.31. The molecule has 0 aliphatic carbocycles. The first kappa shape index (κ1) is 19.5. The molecule has 27 heavy (non-hydrogen) atoms. The van der Waals surface area contributed by atoms with E-state index in [2.05, 4.69) is 19.8 Å². The third-order valence-corrected chi connectivity index (χ3v) is 4.71. The molecule has 0 amide bonds. The maximum atomic E-state index is 12.2. The van der Waals surface area contributed by atoms with Gasteiger partial charge in [0.25, 0.3) is 0 Å². The van der Waals surface area contributed by atoms with Gasteiger partial charge in [-0.25, -0.2) is 9.37 Å². The van der Waals surface area contributed by atoms with Crippen molar-refractivity contribution in [1.29, 1.82) is 0 Å². The van der Waals surface area contributed by atoms with Crippen molar-refractivity contribution in [2.45, 2.75) is 25.0 Å². The van der Waals surface area contributed by atoms with E-state index in [1.54, 1.807) is 18.6 Å². The van der Waals surface area contributed by atoms with Crippen LogP contribution < -0.4 is 9.64 Å². The normalized spacial score (nSPS) is 20.1. The van der Waals surface area contributed by atoms with Crippen LogP contribution in [0, 0.1) is 0 Å². The zero-order chi connectivity index (χ0) is 19.1. The minimum Gasteiger partial charge on any atom is -0.491 e. The second-order valence-corrected chi connectivity index (χ2v) is 7.17. The molecule has 0 spiro atoms. The molecular formula is C20H27FN4O2. The van der Waals surface area contributed by atoms with Gasteiger partial charge >= 0.3 is 0 Å². The Morgan fingerprint density at radius 3 is 2.81 bits per heavy atom. The highest BCUT2D eigenvalue weighted by molar-refractivity contribution is 5.36. The van der Waals surface area contributed by atoms with E-state index in [1.807, 2.05) is 31.3 Å². The Morgan fingerprint density at radius 1 is 1.30 bits per heavy atom. The number of likely N-dealkylation sites (N-methyl/N-ethyl adjacent to an activating group) is 1. The van der Waals surface area contributed by atoms with Crippen LogP contribution in [0.4, 0.5) is 10.2 Å². The summed E-state index contributed by atoms with van der Waals surface area (Å²) in [6, 6.07) is 7.65. The predicted molar refractivity (Wildman–Crippen MR) is 103 cm³/mol. The Bertz CT molecular complexity index is 701. The molecule has 6 nitrogen and oxygen atoms in total. The lowest BCUT2D eigenvalue weighted by atomic mass is 9.92. The smallest absolute Gasteiger partial charge is 0.147 e. The molecule has 1 aliphatic heterocycles. The molecule has 1 saturated heterocycles. The predicted octanol–water partition coefficient (Wildman–Crippen LogP) is 2.29. The van der Waals surface area contributed by atoms with Gasteiger partial charge in [0, 0.05) is 38.6 Å². The van der Waals surface area contributed by atoms with Gasteiger partial charge in [-0.2, -0.15) is 0 Å². The summed E-state index contributed by atoms with van der Waals surface area (Å²) in [5.41, 5.74) is 0.338. The van der Waals surface area contributed by atoms with Crippen molar-refractivity contribution >= 4 is 5.82 Å². The van der Waals surface area contributed by atoms with E-state index in [0.717, 1.165) is 37.3 Å². The van der Waals surface area contributed by atoms with Gasteiger partial charge in [0.15, 0.2) is 0 Å². The van der Waals surface area contributed by atoms with Crippen molar-refractivity contribution in [2.24, 2.45) is 0 Å². The SMILES string of the molecule is CN(Cc1ccc(OCCF)cc1)C[C@@]1(O)CCCN(c2cnccn2)C1. The number of rotatable bonds is 8. The fourth-order valence-electron chi connectivity index (χ4n) is 3.61. The number of nitrogens with zero attached hydrogens (tertiary/aromatic N) is 4. The molecule has 1 fully saturated rings. The largest absolute Gasteiger partial charge is 0.491 e. The van der Waals surface area contributed by atoms with Crippen LogP contribution in [0.25, 0.3) is 0 Å². The van der Waals surface area contributed by atoms with Crippen molar-refractivity contribution in [2.75, 3.05) is 44.9 Å². The van der Waals surface area contributed by atoms with E-state index in [9.17, 15) is 9.50 Å². The second-order valence-electron chi connectivity index (χ2n) is 7.17.